The number of nitrogens with zero attached hydrogens (tertiary/aromatic N) is 6. The van der Waals surface area contributed by atoms with E-state index in [1.54, 1.807) is 23.2 Å². The summed E-state index contributed by atoms with van der Waals surface area (Å²) < 4.78 is 29.9. The number of phenols is 1. The monoisotopic (exact) mass is 683 g/mol. The van der Waals surface area contributed by atoms with Crippen LogP contribution in [-0.4, -0.2) is 112 Å². The van der Waals surface area contributed by atoms with E-state index in [-0.39, 0.29) is 40.5 Å². The summed E-state index contributed by atoms with van der Waals surface area (Å²) in [7, 11) is 1.86. The van der Waals surface area contributed by atoms with E-state index in [9.17, 15) is 9.90 Å². The van der Waals surface area contributed by atoms with E-state index < -0.39 is 11.4 Å². The fraction of sp³-hybridized carbons (Fsp3) is 0.526. The molecule has 4 aromatic rings. The van der Waals surface area contributed by atoms with Crippen molar-refractivity contribution >= 4 is 33.4 Å². The van der Waals surface area contributed by atoms with Gasteiger partial charge in [0.05, 0.1) is 35.6 Å². The molecule has 6 heterocycles. The van der Waals surface area contributed by atoms with Gasteiger partial charge in [-0.15, -0.1) is 0 Å². The molecule has 1 amide bonds. The standard InChI is InChI=1S/C38H46FN7O4/c1-4-24-8-6-9-25-16-26(47)17-28(31(24)25)33-32(39)34-29(19-40-33)35-43-36(42-34)50-23-38-11-7-13-46(38)20-27(18-38)49-15-10-30(48)44(3)21-37(5-2)22-45(35)14-12-41-37/h6,8-9,16-17,19,27,41,47H,4-5,7,10-15,18,20-23H2,1-3H3/t27-,37+,38-/m1/s1. The minimum absolute atomic E-state index is 0.00551. The van der Waals surface area contributed by atoms with Gasteiger partial charge in [-0.25, -0.2) is 4.39 Å². The van der Waals surface area contributed by atoms with Gasteiger partial charge in [-0.05, 0) is 67.1 Å². The molecule has 50 heavy (non-hydrogen) atoms. The van der Waals surface area contributed by atoms with Gasteiger partial charge in [0.1, 0.15) is 29.4 Å². The number of carbonyl (C=O) groups is 1. The summed E-state index contributed by atoms with van der Waals surface area (Å²) in [5, 5.41) is 16.6. The van der Waals surface area contributed by atoms with E-state index in [2.05, 4.69) is 29.0 Å². The van der Waals surface area contributed by atoms with Crippen LogP contribution in [0.2, 0.25) is 0 Å². The molecule has 2 aromatic carbocycles. The van der Waals surface area contributed by atoms with Crippen LogP contribution in [0.25, 0.3) is 32.9 Å². The van der Waals surface area contributed by atoms with Crippen molar-refractivity contribution < 1.29 is 23.8 Å². The van der Waals surface area contributed by atoms with Gasteiger partial charge in [0, 0.05) is 51.5 Å². The Kier molecular flexibility index (Phi) is 8.51. The summed E-state index contributed by atoms with van der Waals surface area (Å²) in [5.41, 5.74) is 1.15. The van der Waals surface area contributed by atoms with Crippen molar-refractivity contribution in [3.8, 4) is 23.0 Å². The maximum atomic E-state index is 17.1. The molecule has 0 unspecified atom stereocenters. The number of pyridine rings is 1. The number of fused-ring (bicyclic) bond motifs is 9. The molecule has 3 fully saturated rings. The molecular weight excluding hydrogens is 637 g/mol. The third-order valence-electron chi connectivity index (χ3n) is 11.6. The van der Waals surface area contributed by atoms with E-state index in [4.69, 9.17) is 24.4 Å². The molecule has 12 heteroatoms. The highest BCUT2D eigenvalue weighted by molar-refractivity contribution is 6.01. The van der Waals surface area contributed by atoms with E-state index >= 15 is 4.39 Å². The van der Waals surface area contributed by atoms with Gasteiger partial charge in [0.2, 0.25) is 5.91 Å². The Bertz CT molecular complexity index is 1960. The number of anilines is 1. The number of carbonyl (C=O) groups excluding carboxylic acids is 1. The number of rotatable bonds is 3. The molecule has 1 spiro atoms. The number of aromatic nitrogens is 3. The first kappa shape index (κ1) is 33.0. The van der Waals surface area contributed by atoms with Crippen molar-refractivity contribution in [1.82, 2.24) is 30.1 Å². The van der Waals surface area contributed by atoms with Gasteiger partial charge in [-0.3, -0.25) is 14.7 Å². The second kappa shape index (κ2) is 12.9. The Labute approximate surface area is 291 Å². The lowest BCUT2D eigenvalue weighted by Gasteiger charge is -2.45. The molecule has 264 valence electrons. The molecule has 4 aliphatic rings. The number of ether oxygens (including phenoxy) is 2. The summed E-state index contributed by atoms with van der Waals surface area (Å²) in [4.78, 5) is 34.2. The minimum Gasteiger partial charge on any atom is -0.508 e. The number of likely N-dealkylation sites (N-methyl/N-ethyl adjacent to an activating group) is 1. The molecular formula is C38H46FN7O4. The first-order valence-corrected chi connectivity index (χ1v) is 18.1. The first-order chi connectivity index (χ1) is 24.2. The first-order valence-electron chi connectivity index (χ1n) is 18.1. The van der Waals surface area contributed by atoms with Gasteiger partial charge in [0.15, 0.2) is 5.82 Å². The smallest absolute Gasteiger partial charge is 0.319 e. The average Bonchev–Trinajstić information content (AvgIpc) is 3.67. The number of hydrogen-bond acceptors (Lipinski definition) is 10. The Morgan fingerprint density at radius 2 is 2.04 bits per heavy atom. The number of aromatic hydroxyl groups is 1. The van der Waals surface area contributed by atoms with Crippen LogP contribution in [0.15, 0.2) is 36.5 Å². The largest absolute Gasteiger partial charge is 0.508 e. The zero-order valence-electron chi connectivity index (χ0n) is 29.2. The van der Waals surface area contributed by atoms with Gasteiger partial charge in [-0.1, -0.05) is 32.0 Å². The number of phenolic OH excluding ortho intramolecular Hbond substituents is 1. The zero-order valence-corrected chi connectivity index (χ0v) is 29.2. The molecule has 3 atom stereocenters. The van der Waals surface area contributed by atoms with Crippen LogP contribution in [0.5, 0.6) is 11.8 Å². The number of benzene rings is 2. The second-order valence-corrected chi connectivity index (χ2v) is 14.6. The normalized spacial score (nSPS) is 26.3. The second-order valence-electron chi connectivity index (χ2n) is 14.6. The van der Waals surface area contributed by atoms with E-state index in [0.29, 0.717) is 62.6 Å². The summed E-state index contributed by atoms with van der Waals surface area (Å²) in [6.07, 6.45) is 6.31. The molecule has 8 rings (SSSR count). The fourth-order valence-electron chi connectivity index (χ4n) is 8.90. The van der Waals surface area contributed by atoms with Gasteiger partial charge < -0.3 is 29.7 Å². The summed E-state index contributed by atoms with van der Waals surface area (Å²) in [6, 6.07) is 9.30. The fourth-order valence-corrected chi connectivity index (χ4v) is 8.90. The van der Waals surface area contributed by atoms with E-state index in [1.165, 1.54) is 0 Å². The Morgan fingerprint density at radius 1 is 1.16 bits per heavy atom. The minimum atomic E-state index is -0.586. The topological polar surface area (TPSA) is 116 Å². The Balaban J connectivity index is 1.28. The van der Waals surface area contributed by atoms with Crippen molar-refractivity contribution in [2.45, 2.75) is 69.6 Å². The number of aryl methyl sites for hydroxylation is 1. The molecule has 2 aromatic heterocycles. The molecule has 3 saturated heterocycles. The highest BCUT2D eigenvalue weighted by Crippen LogP contribution is 2.42. The van der Waals surface area contributed by atoms with Crippen LogP contribution >= 0.6 is 0 Å². The van der Waals surface area contributed by atoms with Crippen molar-refractivity contribution in [2.24, 2.45) is 0 Å². The third kappa shape index (κ3) is 5.71. The molecule has 11 nitrogen and oxygen atoms in total. The zero-order chi connectivity index (χ0) is 34.6. The summed E-state index contributed by atoms with van der Waals surface area (Å²) >= 11 is 0. The van der Waals surface area contributed by atoms with Gasteiger partial charge in [-0.2, -0.15) is 9.97 Å². The highest BCUT2D eigenvalue weighted by atomic mass is 19.1. The summed E-state index contributed by atoms with van der Waals surface area (Å²) in [5.74, 6) is 0.0654. The molecule has 4 aliphatic heterocycles. The number of hydrogen-bond donors (Lipinski definition) is 2. The van der Waals surface area contributed by atoms with E-state index in [0.717, 1.165) is 61.5 Å². The lowest BCUT2D eigenvalue weighted by Crippen LogP contribution is -2.65. The maximum Gasteiger partial charge on any atom is 0.319 e. The van der Waals surface area contributed by atoms with Crippen LogP contribution in [-0.2, 0) is 16.0 Å². The molecule has 6 bridgehead atoms. The van der Waals surface area contributed by atoms with E-state index in [1.807, 2.05) is 25.2 Å². The van der Waals surface area contributed by atoms with Crippen LogP contribution in [0, 0.1) is 5.82 Å². The third-order valence-corrected chi connectivity index (χ3v) is 11.6. The lowest BCUT2D eigenvalue weighted by molar-refractivity contribution is -0.132. The maximum absolute atomic E-state index is 17.1. The van der Waals surface area contributed by atoms with Crippen LogP contribution in [0.1, 0.15) is 51.5 Å². The van der Waals surface area contributed by atoms with Crippen molar-refractivity contribution in [2.75, 3.05) is 64.4 Å². The van der Waals surface area contributed by atoms with Crippen molar-refractivity contribution in [3.63, 3.8) is 0 Å². The van der Waals surface area contributed by atoms with Gasteiger partial charge in [0.25, 0.3) is 0 Å². The average molecular weight is 684 g/mol. The Hall–Kier alpha value is -4.13. The van der Waals surface area contributed by atoms with Crippen LogP contribution in [0.4, 0.5) is 10.2 Å². The molecule has 0 saturated carbocycles. The van der Waals surface area contributed by atoms with Crippen molar-refractivity contribution in [1.29, 1.82) is 0 Å². The molecule has 0 aliphatic carbocycles. The number of nitrogens with one attached hydrogen (secondary N) is 1. The quantitative estimate of drug-likeness (QED) is 0.316. The van der Waals surface area contributed by atoms with Crippen LogP contribution in [0.3, 0.4) is 0 Å². The lowest BCUT2D eigenvalue weighted by atomic mass is 9.92. The SMILES string of the molecule is CCc1cccc2cc(O)cc(-c3ncc4c5nc(nc4c3F)OC[C@]34CCCN3C[C@@H](C4)OCCC(=O)N(C)C[C@@]3(CC)CN5CCN3)c12. The Morgan fingerprint density at radius 3 is 2.88 bits per heavy atom. The van der Waals surface area contributed by atoms with Crippen LogP contribution < -0.4 is 15.0 Å². The molecule has 2 N–H and O–H groups in total. The van der Waals surface area contributed by atoms with Gasteiger partial charge >= 0.3 is 6.01 Å². The number of amides is 1. The number of piperazine rings is 1. The number of halogens is 1. The molecule has 0 radical (unpaired) electrons. The highest BCUT2D eigenvalue weighted by Gasteiger charge is 2.50. The van der Waals surface area contributed by atoms with Crippen molar-refractivity contribution in [3.05, 3.63) is 47.9 Å². The predicted molar refractivity (Wildman–Crippen MR) is 190 cm³/mol. The summed E-state index contributed by atoms with van der Waals surface area (Å²) in [6.45, 7) is 8.99. The predicted octanol–water partition coefficient (Wildman–Crippen LogP) is 4.67.